The highest BCUT2D eigenvalue weighted by molar-refractivity contribution is 5.87. The number of fused-ring (bicyclic) bond motifs is 2. The number of hydrogen-bond acceptors (Lipinski definition) is 9. The lowest BCUT2D eigenvalue weighted by Gasteiger charge is -2.55. The number of ketones is 1. The number of aliphatic hydroxyl groups is 3. The second-order valence-corrected chi connectivity index (χ2v) is 6.40. The zero-order chi connectivity index (χ0) is 16.9. The van der Waals surface area contributed by atoms with Gasteiger partial charge in [0.2, 0.25) is 6.29 Å². The minimum atomic E-state index is -2.23. The van der Waals surface area contributed by atoms with E-state index in [1.807, 2.05) is 0 Å². The molecule has 5 N–H and O–H groups in total. The first-order valence-corrected chi connectivity index (χ1v) is 7.78. The molecule has 3 rings (SSSR count). The summed E-state index contributed by atoms with van der Waals surface area (Å²) in [5, 5.41) is 37.2. The smallest absolute Gasteiger partial charge is 0.280 e. The maximum Gasteiger partial charge on any atom is 0.280 e. The highest BCUT2D eigenvalue weighted by Gasteiger charge is 2.63. The van der Waals surface area contributed by atoms with E-state index in [1.54, 1.807) is 21.0 Å². The second kappa shape index (κ2) is 6.01. The van der Waals surface area contributed by atoms with E-state index in [0.29, 0.717) is 0 Å². The summed E-state index contributed by atoms with van der Waals surface area (Å²) in [6.45, 7) is 1.70. The molecule has 0 aromatic rings. The number of carbonyl (C=O) groups is 1. The molecule has 0 bridgehead atoms. The van der Waals surface area contributed by atoms with E-state index < -0.39 is 60.5 Å². The first kappa shape index (κ1) is 17.2. The molecular formula is C14H24N2O7. The molecule has 0 aromatic carbocycles. The van der Waals surface area contributed by atoms with Crippen molar-refractivity contribution in [3.8, 4) is 0 Å². The van der Waals surface area contributed by atoms with E-state index in [0.717, 1.165) is 0 Å². The monoisotopic (exact) mass is 332 g/mol. The van der Waals surface area contributed by atoms with Crippen LogP contribution < -0.4 is 10.6 Å². The van der Waals surface area contributed by atoms with Crippen LogP contribution in [0.25, 0.3) is 0 Å². The molecule has 9 atom stereocenters. The molecule has 0 spiro atoms. The Morgan fingerprint density at radius 2 is 1.74 bits per heavy atom. The van der Waals surface area contributed by atoms with Crippen molar-refractivity contribution in [1.29, 1.82) is 0 Å². The van der Waals surface area contributed by atoms with Gasteiger partial charge in [-0.2, -0.15) is 0 Å². The van der Waals surface area contributed by atoms with E-state index in [4.69, 9.17) is 14.2 Å². The van der Waals surface area contributed by atoms with Crippen LogP contribution >= 0.6 is 0 Å². The molecule has 0 radical (unpaired) electrons. The fraction of sp³-hybridized carbons (Fsp3) is 0.929. The molecule has 3 fully saturated rings. The first-order chi connectivity index (χ1) is 10.8. The van der Waals surface area contributed by atoms with Crippen LogP contribution in [0.2, 0.25) is 0 Å². The van der Waals surface area contributed by atoms with Crippen LogP contribution in [0.15, 0.2) is 0 Å². The molecule has 9 nitrogen and oxygen atoms in total. The Morgan fingerprint density at radius 1 is 1.09 bits per heavy atom. The maximum atomic E-state index is 12.2. The third-order valence-corrected chi connectivity index (χ3v) is 4.93. The van der Waals surface area contributed by atoms with Crippen molar-refractivity contribution >= 4 is 5.78 Å². The maximum absolute atomic E-state index is 12.2. The zero-order valence-electron chi connectivity index (χ0n) is 13.3. The molecule has 6 unspecified atom stereocenters. The van der Waals surface area contributed by atoms with Crippen LogP contribution in [0.5, 0.6) is 0 Å². The van der Waals surface area contributed by atoms with E-state index in [-0.39, 0.29) is 6.42 Å². The molecule has 0 amide bonds. The fourth-order valence-corrected chi connectivity index (χ4v) is 3.68. The van der Waals surface area contributed by atoms with Gasteiger partial charge in [-0.3, -0.25) is 4.79 Å². The molecule has 23 heavy (non-hydrogen) atoms. The lowest BCUT2D eigenvalue weighted by Crippen LogP contribution is -2.77. The van der Waals surface area contributed by atoms with E-state index in [2.05, 4.69) is 10.6 Å². The van der Waals surface area contributed by atoms with E-state index >= 15 is 0 Å². The average molecular weight is 332 g/mol. The SMILES string of the molecule is CNC1C(O)C(NC)[C@H](O)[C@H]2OC3O[C@H](C)CC(=O)C3(O)OC12. The van der Waals surface area contributed by atoms with Crippen LogP contribution in [0.4, 0.5) is 0 Å². The van der Waals surface area contributed by atoms with Crippen molar-refractivity contribution < 1.29 is 34.3 Å². The molecule has 0 aromatic heterocycles. The fourth-order valence-electron chi connectivity index (χ4n) is 3.68. The summed E-state index contributed by atoms with van der Waals surface area (Å²) in [5.41, 5.74) is 0. The molecule has 2 aliphatic heterocycles. The Labute approximate surface area is 133 Å². The van der Waals surface area contributed by atoms with Crippen LogP contribution in [0.3, 0.4) is 0 Å². The summed E-state index contributed by atoms with van der Waals surface area (Å²) in [5.74, 6) is -2.76. The Balaban J connectivity index is 1.92. The minimum Gasteiger partial charge on any atom is -0.390 e. The van der Waals surface area contributed by atoms with Crippen molar-refractivity contribution in [1.82, 2.24) is 10.6 Å². The van der Waals surface area contributed by atoms with Gasteiger partial charge in [-0.1, -0.05) is 0 Å². The second-order valence-electron chi connectivity index (χ2n) is 6.40. The third kappa shape index (κ3) is 2.52. The number of Topliss-reactive ketones (excluding diaryl/α,β-unsaturated/α-hetero) is 1. The Bertz CT molecular complexity index is 478. The largest absolute Gasteiger partial charge is 0.390 e. The van der Waals surface area contributed by atoms with Crippen LogP contribution in [-0.2, 0) is 19.0 Å². The summed E-state index contributed by atoms with van der Waals surface area (Å²) >= 11 is 0. The van der Waals surface area contributed by atoms with E-state index in [9.17, 15) is 20.1 Å². The quantitative estimate of drug-likeness (QED) is 0.361. The predicted octanol–water partition coefficient (Wildman–Crippen LogP) is -2.93. The highest BCUT2D eigenvalue weighted by atomic mass is 16.8. The van der Waals surface area contributed by atoms with Crippen molar-refractivity contribution in [3.05, 3.63) is 0 Å². The molecule has 132 valence electrons. The summed E-state index contributed by atoms with van der Waals surface area (Å²) in [7, 11) is 3.24. The molecule has 2 heterocycles. The molecule has 3 aliphatic rings. The van der Waals surface area contributed by atoms with Crippen LogP contribution in [-0.4, -0.2) is 89.9 Å². The molecular weight excluding hydrogens is 308 g/mol. The number of ether oxygens (including phenoxy) is 3. The van der Waals surface area contributed by atoms with Gasteiger partial charge in [0.25, 0.3) is 5.79 Å². The number of nitrogens with one attached hydrogen (secondary N) is 2. The van der Waals surface area contributed by atoms with Gasteiger partial charge in [-0.25, -0.2) is 0 Å². The lowest BCUT2D eigenvalue weighted by molar-refractivity contribution is -0.420. The summed E-state index contributed by atoms with van der Waals surface area (Å²) in [6, 6.07) is -1.29. The topological polar surface area (TPSA) is 130 Å². The van der Waals surface area contributed by atoms with Gasteiger partial charge in [-0.05, 0) is 21.0 Å². The van der Waals surface area contributed by atoms with Gasteiger partial charge >= 0.3 is 0 Å². The number of hydrogen-bond donors (Lipinski definition) is 5. The Hall–Kier alpha value is -0.650. The Kier molecular flexibility index (Phi) is 4.49. The summed E-state index contributed by atoms with van der Waals surface area (Å²) in [6.07, 6.45) is -5.58. The molecule has 9 heteroatoms. The van der Waals surface area contributed by atoms with E-state index in [1.165, 1.54) is 0 Å². The van der Waals surface area contributed by atoms with Crippen molar-refractivity contribution in [2.45, 2.75) is 68.0 Å². The van der Waals surface area contributed by atoms with Crippen molar-refractivity contribution in [2.24, 2.45) is 0 Å². The molecule has 1 aliphatic carbocycles. The van der Waals surface area contributed by atoms with Crippen LogP contribution in [0, 0.1) is 0 Å². The third-order valence-electron chi connectivity index (χ3n) is 4.93. The van der Waals surface area contributed by atoms with Crippen LogP contribution in [0.1, 0.15) is 13.3 Å². The van der Waals surface area contributed by atoms with Crippen molar-refractivity contribution in [2.75, 3.05) is 14.1 Å². The zero-order valence-corrected chi connectivity index (χ0v) is 13.3. The van der Waals surface area contributed by atoms with Gasteiger partial charge in [0.05, 0.1) is 24.3 Å². The van der Waals surface area contributed by atoms with Gasteiger partial charge in [0.15, 0.2) is 5.78 Å². The average Bonchev–Trinajstić information content (AvgIpc) is 2.49. The number of aliphatic hydroxyl groups excluding tert-OH is 2. The minimum absolute atomic E-state index is 0.00220. The van der Waals surface area contributed by atoms with Gasteiger partial charge in [0, 0.05) is 6.42 Å². The van der Waals surface area contributed by atoms with Gasteiger partial charge in [-0.15, -0.1) is 0 Å². The predicted molar refractivity (Wildman–Crippen MR) is 76.4 cm³/mol. The summed E-state index contributed by atoms with van der Waals surface area (Å²) < 4.78 is 16.8. The molecule has 2 saturated heterocycles. The van der Waals surface area contributed by atoms with Gasteiger partial charge < -0.3 is 40.2 Å². The number of rotatable bonds is 2. The number of likely N-dealkylation sites (N-methyl/N-ethyl adjacent to an activating group) is 2. The number of carbonyl (C=O) groups excluding carboxylic acids is 1. The molecule has 1 saturated carbocycles. The summed E-state index contributed by atoms with van der Waals surface area (Å²) in [4.78, 5) is 12.2. The first-order valence-electron chi connectivity index (χ1n) is 7.78. The highest BCUT2D eigenvalue weighted by Crippen LogP contribution is 2.40. The Morgan fingerprint density at radius 3 is 2.35 bits per heavy atom. The normalized spacial score (nSPS) is 53.6. The van der Waals surface area contributed by atoms with Crippen molar-refractivity contribution in [3.63, 3.8) is 0 Å². The lowest BCUT2D eigenvalue weighted by atomic mass is 9.80. The van der Waals surface area contributed by atoms with Gasteiger partial charge in [0.1, 0.15) is 18.3 Å². The standard InChI is InChI=1S/C14H24N2O7/c1-5-4-6(17)14(20)13(21-5)22-12-10(19)7(15-2)9(18)8(16-3)11(12)23-14/h5,7-13,15-16,18-20H,4H2,1-3H3/t5-,7?,8?,9?,10+,11?,12-,13?,14?/m1/s1.